The molecule has 2 aliphatic rings. The van der Waals surface area contributed by atoms with Crippen molar-refractivity contribution in [2.75, 3.05) is 47.4 Å². The van der Waals surface area contributed by atoms with Crippen LogP contribution >= 0.6 is 15.6 Å². The van der Waals surface area contributed by atoms with Gasteiger partial charge in [0, 0.05) is 74.7 Å². The first kappa shape index (κ1) is 67.3. The Morgan fingerprint density at radius 3 is 1.20 bits per heavy atom. The van der Waals surface area contributed by atoms with Crippen molar-refractivity contribution in [1.29, 1.82) is 0 Å². The summed E-state index contributed by atoms with van der Waals surface area (Å²) in [5.74, 6) is -0.793. The molecule has 0 radical (unpaired) electrons. The first-order valence-electron chi connectivity index (χ1n) is 28.5. The van der Waals surface area contributed by atoms with Crippen molar-refractivity contribution in [2.45, 2.75) is 88.6 Å². The molecule has 4 aromatic carbocycles. The summed E-state index contributed by atoms with van der Waals surface area (Å²) in [6.07, 6.45) is 1.14. The molecule has 32 nitrogen and oxygen atoms in total. The van der Waals surface area contributed by atoms with Gasteiger partial charge in [-0.2, -0.15) is 0 Å². The monoisotopic (exact) mass is 1310 g/mol. The van der Waals surface area contributed by atoms with Crippen LogP contribution in [-0.2, 0) is 37.2 Å². The van der Waals surface area contributed by atoms with Crippen molar-refractivity contribution in [3.63, 3.8) is 0 Å². The zero-order valence-electron chi connectivity index (χ0n) is 49.1. The number of anilines is 4. The van der Waals surface area contributed by atoms with Gasteiger partial charge in [0.05, 0.1) is 22.5 Å². The van der Waals surface area contributed by atoms with Crippen LogP contribution in [0.4, 0.5) is 34.4 Å². The van der Waals surface area contributed by atoms with Crippen LogP contribution in [0.1, 0.15) is 74.2 Å². The van der Waals surface area contributed by atoms with E-state index in [1.807, 2.05) is 86.7 Å². The van der Waals surface area contributed by atoms with Crippen LogP contribution in [0, 0.1) is 20.2 Å². The number of non-ortho nitro benzene ring substituents is 2. The van der Waals surface area contributed by atoms with Gasteiger partial charge >= 0.3 is 15.6 Å². The lowest BCUT2D eigenvalue weighted by Gasteiger charge is -2.23. The minimum atomic E-state index is -5.10. The van der Waals surface area contributed by atoms with Crippen LogP contribution in [0.3, 0.4) is 0 Å². The minimum absolute atomic E-state index is 0.0173. The van der Waals surface area contributed by atoms with E-state index in [9.17, 15) is 68.7 Å². The fourth-order valence-electron chi connectivity index (χ4n) is 10.4. The van der Waals surface area contributed by atoms with Gasteiger partial charge in [-0.05, 0) is 97.5 Å². The zero-order valence-corrected chi connectivity index (χ0v) is 50.9. The molecule has 0 amide bonds. The number of nitro benzene ring substituents is 2. The number of imidazole rings is 2. The number of hydrogen-bond donors (Lipinski definition) is 8. The number of benzene rings is 4. The van der Waals surface area contributed by atoms with E-state index in [1.54, 1.807) is 24.3 Å². The minimum Gasteiger partial charge on any atom is -0.387 e. The van der Waals surface area contributed by atoms with Crippen molar-refractivity contribution in [1.82, 2.24) is 39.0 Å². The van der Waals surface area contributed by atoms with Crippen molar-refractivity contribution < 1.29 is 76.9 Å². The second-order valence-electron chi connectivity index (χ2n) is 21.0. The van der Waals surface area contributed by atoms with Gasteiger partial charge in [-0.3, -0.25) is 48.0 Å². The van der Waals surface area contributed by atoms with Gasteiger partial charge in [0.15, 0.2) is 47.0 Å². The molecule has 2 aliphatic heterocycles. The quantitative estimate of drug-likeness (QED) is 0.0129. The fourth-order valence-corrected chi connectivity index (χ4v) is 11.5. The summed E-state index contributed by atoms with van der Waals surface area (Å²) in [6, 6.07) is 28.1. The van der Waals surface area contributed by atoms with Crippen molar-refractivity contribution in [2.24, 2.45) is 0 Å². The summed E-state index contributed by atoms with van der Waals surface area (Å²) >= 11 is 0. The lowest BCUT2D eigenvalue weighted by Crippen LogP contribution is -2.37. The van der Waals surface area contributed by atoms with Gasteiger partial charge in [-0.25, -0.2) is 39.0 Å². The summed E-state index contributed by atoms with van der Waals surface area (Å²) in [4.78, 5) is 114. The van der Waals surface area contributed by atoms with Crippen LogP contribution in [0.25, 0.3) is 46.6 Å². The Labute approximate surface area is 523 Å². The van der Waals surface area contributed by atoms with E-state index in [0.717, 1.165) is 33.6 Å². The van der Waals surface area contributed by atoms with Crippen LogP contribution in [0.5, 0.6) is 0 Å². The molecule has 8 atom stereocenters. The third-order valence-corrected chi connectivity index (χ3v) is 16.1. The van der Waals surface area contributed by atoms with E-state index in [2.05, 4.69) is 39.7 Å². The standard InChI is InChI=1S/2C29H32N7O9P/c2*1-2-34(20-11-7-18(8-12-20)5-6-19-9-13-21(14-10-19)36(39)40)15-3-4-22(37)25-24(38)26(45-46(41,42)43)29(44-25)35-17-33-23-27(30)31-16-32-28(23)35/h2*5-14,16-17,24-26,29,38H,2-4,15H2,1H3,(H2,30,31,32)(H2,41,42,43)/b6-5+;6-5-/t2*24-,25-,26-,29-/m11/s1. The highest BCUT2D eigenvalue weighted by Gasteiger charge is 2.53. The Balaban J connectivity index is 0.000000217. The third-order valence-electron chi connectivity index (χ3n) is 15.0. The number of carbonyl (C=O) groups is 2. The van der Waals surface area contributed by atoms with E-state index in [0.29, 0.717) is 39.0 Å². The van der Waals surface area contributed by atoms with E-state index in [1.165, 1.54) is 58.7 Å². The molecule has 2 fully saturated rings. The molecule has 0 saturated carbocycles. The smallest absolute Gasteiger partial charge is 0.387 e. The molecule has 484 valence electrons. The van der Waals surface area contributed by atoms with E-state index >= 15 is 0 Å². The molecule has 34 heteroatoms. The van der Waals surface area contributed by atoms with Gasteiger partial charge in [0.25, 0.3) is 11.4 Å². The van der Waals surface area contributed by atoms with Crippen LogP contribution in [0.15, 0.2) is 122 Å². The first-order chi connectivity index (χ1) is 43.9. The predicted molar refractivity (Wildman–Crippen MR) is 334 cm³/mol. The highest BCUT2D eigenvalue weighted by Crippen LogP contribution is 2.47. The molecule has 6 heterocycles. The number of nitrogen functional groups attached to an aromatic ring is 2. The molecule has 10 N–H and O–H groups in total. The number of nitro groups is 2. The lowest BCUT2D eigenvalue weighted by molar-refractivity contribution is -0.385. The second-order valence-corrected chi connectivity index (χ2v) is 23.4. The van der Waals surface area contributed by atoms with Crippen LogP contribution in [0.2, 0.25) is 0 Å². The number of nitrogens with two attached hydrogens (primary N) is 2. The number of rotatable bonds is 26. The summed E-state index contributed by atoms with van der Waals surface area (Å²) < 4.78 is 47.5. The van der Waals surface area contributed by atoms with Crippen molar-refractivity contribution in [3.8, 4) is 0 Å². The van der Waals surface area contributed by atoms with Crippen LogP contribution < -0.4 is 21.3 Å². The Bertz CT molecular complexity index is 3810. The summed E-state index contributed by atoms with van der Waals surface area (Å²) in [5.41, 5.74) is 17.9. The predicted octanol–water partition coefficient (Wildman–Crippen LogP) is 6.20. The molecule has 0 unspecified atom stereocenters. The third kappa shape index (κ3) is 16.5. The molecule has 0 aliphatic carbocycles. The molecule has 2 saturated heterocycles. The average Bonchev–Trinajstić information content (AvgIpc) is 1.65. The number of hydrogen-bond acceptors (Lipinski definition) is 24. The molecule has 92 heavy (non-hydrogen) atoms. The maximum Gasteiger partial charge on any atom is 0.470 e. The molecule has 10 rings (SSSR count). The highest BCUT2D eigenvalue weighted by molar-refractivity contribution is 7.46. The first-order valence-corrected chi connectivity index (χ1v) is 31.6. The number of aromatic nitrogens is 8. The Morgan fingerprint density at radius 2 is 0.891 bits per heavy atom. The number of phosphoric acid groups is 2. The number of nitrogens with zero attached hydrogens (tertiary/aromatic N) is 12. The SMILES string of the molecule is CCN(CCCC(=O)[C@H]1O[C@@H](n2cnc3c(N)ncnc32)[C@H](OP(=O)(O)O)[C@@H]1O)c1ccc(/C=C/c2ccc([N+](=O)[O-])cc2)cc1.CCN(CCCC(=O)[C@H]1O[C@@H](n2cnc3c(N)ncnc32)[C@H](OP(=O)(O)O)[C@@H]1O)c1ccc(/C=C\c2ccc([N+](=O)[O-])cc2)cc1. The largest absolute Gasteiger partial charge is 0.470 e. The number of aliphatic hydroxyl groups is 2. The van der Waals surface area contributed by atoms with E-state index < -0.39 is 86.1 Å². The molecule has 0 spiro atoms. The normalized spacial score (nSPS) is 20.0. The van der Waals surface area contributed by atoms with Gasteiger partial charge in [0.1, 0.15) is 60.3 Å². The molecular weight excluding hydrogens is 1240 g/mol. The molecule has 8 aromatic rings. The topological polar surface area (TPSA) is 459 Å². The Morgan fingerprint density at radius 1 is 0.565 bits per heavy atom. The molecule has 4 aromatic heterocycles. The van der Waals surface area contributed by atoms with Gasteiger partial charge in [-0.1, -0.05) is 48.6 Å². The summed E-state index contributed by atoms with van der Waals surface area (Å²) in [5, 5.41) is 43.6. The lowest BCUT2D eigenvalue weighted by atomic mass is 10.0. The van der Waals surface area contributed by atoms with Gasteiger partial charge < -0.3 is 60.5 Å². The number of ketones is 2. The Kier molecular flexibility index (Phi) is 21.5. The van der Waals surface area contributed by atoms with E-state index in [-0.39, 0.29) is 58.2 Å². The molecular formula is C58H64N14O18P2. The fraction of sp³-hybridized carbons (Fsp3) is 0.310. The number of carbonyl (C=O) groups excluding carboxylic acids is 2. The number of ether oxygens (including phenoxy) is 2. The van der Waals surface area contributed by atoms with Crippen molar-refractivity contribution in [3.05, 3.63) is 165 Å². The van der Waals surface area contributed by atoms with Gasteiger partial charge in [0.2, 0.25) is 0 Å². The van der Waals surface area contributed by atoms with E-state index in [4.69, 9.17) is 30.0 Å². The van der Waals surface area contributed by atoms with Crippen molar-refractivity contribution >= 4 is 108 Å². The molecule has 0 bridgehead atoms. The van der Waals surface area contributed by atoms with Gasteiger partial charge in [-0.15, -0.1) is 0 Å². The number of aliphatic hydroxyl groups excluding tert-OH is 2. The average molecular weight is 1310 g/mol. The Hall–Kier alpha value is -9.14. The zero-order chi connectivity index (χ0) is 66.0. The summed E-state index contributed by atoms with van der Waals surface area (Å²) in [6.45, 7) is 6.30. The number of phosphoric ester groups is 2. The maximum absolute atomic E-state index is 13.2. The number of Topliss-reactive ketones (excluding diaryl/α,β-unsaturated/α-hetero) is 2. The van der Waals surface area contributed by atoms with Crippen LogP contribution in [-0.4, -0.2) is 153 Å². The maximum atomic E-state index is 13.2. The second kappa shape index (κ2) is 29.4. The number of fused-ring (bicyclic) bond motifs is 2. The summed E-state index contributed by atoms with van der Waals surface area (Å²) in [7, 11) is -10.2. The highest BCUT2D eigenvalue weighted by atomic mass is 31.2.